The number of fused-ring (bicyclic) bond motifs is 1. The van der Waals surface area contributed by atoms with Crippen molar-refractivity contribution in [2.24, 2.45) is 0 Å². The van der Waals surface area contributed by atoms with Crippen molar-refractivity contribution in [2.45, 2.75) is 37.8 Å². The fourth-order valence-corrected chi connectivity index (χ4v) is 4.50. The van der Waals surface area contributed by atoms with Crippen LogP contribution in [-0.2, 0) is 11.3 Å². The van der Waals surface area contributed by atoms with Gasteiger partial charge in [0.2, 0.25) is 5.91 Å². The lowest BCUT2D eigenvalue weighted by Crippen LogP contribution is -2.27. The van der Waals surface area contributed by atoms with Crippen molar-refractivity contribution in [3.05, 3.63) is 107 Å². The molecule has 1 aliphatic rings. The Labute approximate surface area is 191 Å². The SMILES string of the molecule is O=C(C[C@@H](c1cccc(Cl)c1)c1cn(Cc2ccc(F)cc2)c2ccccc12)NC1CC1. The zero-order chi connectivity index (χ0) is 22.1. The summed E-state index contributed by atoms with van der Waals surface area (Å²) in [5.74, 6) is -0.297. The Hall–Kier alpha value is -3.11. The maximum absolute atomic E-state index is 13.4. The van der Waals surface area contributed by atoms with Gasteiger partial charge in [-0.1, -0.05) is 54.1 Å². The van der Waals surface area contributed by atoms with Crippen LogP contribution in [0.15, 0.2) is 79.0 Å². The summed E-state index contributed by atoms with van der Waals surface area (Å²) in [5, 5.41) is 4.89. The molecule has 0 aliphatic heterocycles. The quantitative estimate of drug-likeness (QED) is 0.356. The molecule has 1 atom stereocenters. The van der Waals surface area contributed by atoms with Gasteiger partial charge in [0.15, 0.2) is 0 Å². The second-order valence-electron chi connectivity index (χ2n) is 8.51. The summed E-state index contributed by atoms with van der Waals surface area (Å²) in [5.41, 5.74) is 4.22. The van der Waals surface area contributed by atoms with Gasteiger partial charge in [-0.2, -0.15) is 0 Å². The van der Waals surface area contributed by atoms with Crippen molar-refractivity contribution < 1.29 is 9.18 Å². The van der Waals surface area contributed by atoms with Crippen LogP contribution in [0, 0.1) is 5.82 Å². The topological polar surface area (TPSA) is 34.0 Å². The summed E-state index contributed by atoms with van der Waals surface area (Å²) in [4.78, 5) is 12.8. The number of nitrogens with zero attached hydrogens (tertiary/aromatic N) is 1. The van der Waals surface area contributed by atoms with Gasteiger partial charge in [-0.25, -0.2) is 4.39 Å². The summed E-state index contributed by atoms with van der Waals surface area (Å²) in [6.45, 7) is 0.622. The van der Waals surface area contributed by atoms with Crippen LogP contribution < -0.4 is 5.32 Å². The lowest BCUT2D eigenvalue weighted by atomic mass is 9.88. The van der Waals surface area contributed by atoms with E-state index in [0.717, 1.165) is 40.4 Å². The molecule has 3 nitrogen and oxygen atoms in total. The van der Waals surface area contributed by atoms with Gasteiger partial charge in [0.1, 0.15) is 5.82 Å². The number of aromatic nitrogens is 1. The van der Waals surface area contributed by atoms with Crippen LogP contribution >= 0.6 is 11.6 Å². The van der Waals surface area contributed by atoms with E-state index >= 15 is 0 Å². The molecular weight excluding hydrogens is 423 g/mol. The molecule has 3 aromatic carbocycles. The van der Waals surface area contributed by atoms with Crippen LogP contribution in [0.4, 0.5) is 4.39 Å². The van der Waals surface area contributed by atoms with Gasteiger partial charge in [-0.15, -0.1) is 0 Å². The lowest BCUT2D eigenvalue weighted by molar-refractivity contribution is -0.121. The minimum Gasteiger partial charge on any atom is -0.353 e. The van der Waals surface area contributed by atoms with Crippen molar-refractivity contribution >= 4 is 28.4 Å². The fourth-order valence-electron chi connectivity index (χ4n) is 4.30. The molecule has 1 amide bonds. The number of carbonyl (C=O) groups excluding carboxylic acids is 1. The number of rotatable bonds is 7. The zero-order valence-electron chi connectivity index (χ0n) is 17.6. The Bertz CT molecular complexity index is 1260. The highest BCUT2D eigenvalue weighted by molar-refractivity contribution is 6.30. The Morgan fingerprint density at radius 2 is 1.84 bits per heavy atom. The summed E-state index contributed by atoms with van der Waals surface area (Å²) in [7, 11) is 0. The molecule has 1 saturated carbocycles. The third kappa shape index (κ3) is 4.56. The first-order chi connectivity index (χ1) is 15.6. The first kappa shape index (κ1) is 20.8. The van der Waals surface area contributed by atoms with Crippen molar-refractivity contribution in [1.82, 2.24) is 9.88 Å². The molecule has 32 heavy (non-hydrogen) atoms. The highest BCUT2D eigenvalue weighted by Crippen LogP contribution is 2.36. The first-order valence-electron chi connectivity index (χ1n) is 10.9. The predicted octanol–water partition coefficient (Wildman–Crippen LogP) is 6.28. The molecule has 0 unspecified atom stereocenters. The van der Waals surface area contributed by atoms with E-state index in [4.69, 9.17) is 11.6 Å². The molecule has 1 aromatic heterocycles. The molecule has 0 radical (unpaired) electrons. The van der Waals surface area contributed by atoms with Crippen LogP contribution in [-0.4, -0.2) is 16.5 Å². The molecule has 1 fully saturated rings. The van der Waals surface area contributed by atoms with Crippen molar-refractivity contribution in [1.29, 1.82) is 0 Å². The van der Waals surface area contributed by atoms with E-state index in [2.05, 4.69) is 28.2 Å². The van der Waals surface area contributed by atoms with Crippen LogP contribution in [0.25, 0.3) is 10.9 Å². The molecule has 0 saturated heterocycles. The minimum atomic E-state index is -0.241. The Morgan fingerprint density at radius 3 is 2.59 bits per heavy atom. The Morgan fingerprint density at radius 1 is 1.06 bits per heavy atom. The maximum Gasteiger partial charge on any atom is 0.221 e. The maximum atomic E-state index is 13.4. The Balaban J connectivity index is 1.56. The van der Waals surface area contributed by atoms with E-state index in [-0.39, 0.29) is 17.6 Å². The summed E-state index contributed by atoms with van der Waals surface area (Å²) >= 11 is 6.31. The number of nitrogens with one attached hydrogen (secondary N) is 1. The predicted molar refractivity (Wildman–Crippen MR) is 127 cm³/mol. The van der Waals surface area contributed by atoms with E-state index < -0.39 is 0 Å². The molecule has 1 aliphatic carbocycles. The molecule has 5 rings (SSSR count). The van der Waals surface area contributed by atoms with Crippen LogP contribution in [0.1, 0.15) is 41.9 Å². The number of carbonyl (C=O) groups is 1. The standard InChI is InChI=1S/C27H24ClFN2O/c28-20-5-3-4-19(14-20)24(15-27(32)30-22-12-13-22)25-17-31(26-7-2-1-6-23(25)26)16-18-8-10-21(29)11-9-18/h1-11,14,17,22,24H,12-13,15-16H2,(H,30,32)/t24-/m0/s1. The lowest BCUT2D eigenvalue weighted by Gasteiger charge is -2.17. The largest absolute Gasteiger partial charge is 0.353 e. The normalized spacial score (nSPS) is 14.4. The zero-order valence-corrected chi connectivity index (χ0v) is 18.4. The van der Waals surface area contributed by atoms with Crippen molar-refractivity contribution in [3.63, 3.8) is 0 Å². The van der Waals surface area contributed by atoms with Crippen LogP contribution in [0.5, 0.6) is 0 Å². The first-order valence-corrected chi connectivity index (χ1v) is 11.3. The molecule has 1 heterocycles. The number of halogens is 2. The third-order valence-corrected chi connectivity index (χ3v) is 6.28. The van der Waals surface area contributed by atoms with E-state index in [1.165, 1.54) is 12.1 Å². The average Bonchev–Trinajstić information content (AvgIpc) is 3.53. The molecule has 0 bridgehead atoms. The number of para-hydroxylation sites is 1. The molecule has 4 aromatic rings. The van der Waals surface area contributed by atoms with Gasteiger partial charge in [-0.05, 0) is 59.9 Å². The second-order valence-corrected chi connectivity index (χ2v) is 8.95. The Kier molecular flexibility index (Phi) is 5.71. The third-order valence-electron chi connectivity index (χ3n) is 6.04. The fraction of sp³-hybridized carbons (Fsp3) is 0.222. The second kappa shape index (κ2) is 8.79. The van der Waals surface area contributed by atoms with Gasteiger partial charge < -0.3 is 9.88 Å². The molecule has 1 N–H and O–H groups in total. The van der Waals surface area contributed by atoms with Crippen LogP contribution in [0.3, 0.4) is 0 Å². The van der Waals surface area contributed by atoms with E-state index in [1.807, 2.05) is 36.4 Å². The summed E-state index contributed by atoms with van der Waals surface area (Å²) < 4.78 is 15.5. The smallest absolute Gasteiger partial charge is 0.221 e. The highest BCUT2D eigenvalue weighted by Gasteiger charge is 2.27. The molecule has 0 spiro atoms. The number of hydrogen-bond donors (Lipinski definition) is 1. The number of amides is 1. The molecular formula is C27H24ClFN2O. The number of benzene rings is 3. The monoisotopic (exact) mass is 446 g/mol. The average molecular weight is 447 g/mol. The minimum absolute atomic E-state index is 0.0628. The van der Waals surface area contributed by atoms with Gasteiger partial charge in [0, 0.05) is 47.0 Å². The van der Waals surface area contributed by atoms with Gasteiger partial charge in [0.25, 0.3) is 0 Å². The van der Waals surface area contributed by atoms with Crippen molar-refractivity contribution in [2.75, 3.05) is 0 Å². The molecule has 162 valence electrons. The van der Waals surface area contributed by atoms with E-state index in [0.29, 0.717) is 24.0 Å². The van der Waals surface area contributed by atoms with Crippen molar-refractivity contribution in [3.8, 4) is 0 Å². The summed E-state index contributed by atoms with van der Waals surface area (Å²) in [6, 6.07) is 22.9. The van der Waals surface area contributed by atoms with Gasteiger partial charge >= 0.3 is 0 Å². The van der Waals surface area contributed by atoms with Gasteiger partial charge in [0.05, 0.1) is 0 Å². The van der Waals surface area contributed by atoms with Crippen LogP contribution in [0.2, 0.25) is 5.02 Å². The number of hydrogen-bond acceptors (Lipinski definition) is 1. The highest BCUT2D eigenvalue weighted by atomic mass is 35.5. The van der Waals surface area contributed by atoms with E-state index in [9.17, 15) is 9.18 Å². The molecule has 5 heteroatoms. The van der Waals surface area contributed by atoms with Gasteiger partial charge in [-0.3, -0.25) is 4.79 Å². The summed E-state index contributed by atoms with van der Waals surface area (Å²) in [6.07, 6.45) is 4.61. The van der Waals surface area contributed by atoms with E-state index in [1.54, 1.807) is 12.1 Å².